The molecular formula is C25H23F2N5O2. The molecular weight excluding hydrogens is 440 g/mol. The van der Waals surface area contributed by atoms with E-state index in [1.54, 1.807) is 18.2 Å². The van der Waals surface area contributed by atoms with Gasteiger partial charge in [-0.15, -0.1) is 10.2 Å². The highest BCUT2D eigenvalue weighted by Crippen LogP contribution is 2.27. The lowest BCUT2D eigenvalue weighted by Crippen LogP contribution is -2.18. The number of nitrogens with one attached hydrogen (secondary N) is 1. The molecule has 174 valence electrons. The Hall–Kier alpha value is -3.85. The van der Waals surface area contributed by atoms with Crippen molar-refractivity contribution in [3.05, 3.63) is 72.1 Å². The van der Waals surface area contributed by atoms with Crippen LogP contribution in [0.3, 0.4) is 0 Å². The molecule has 1 saturated heterocycles. The van der Waals surface area contributed by atoms with Crippen LogP contribution in [0.5, 0.6) is 5.75 Å². The van der Waals surface area contributed by atoms with Gasteiger partial charge in [0.2, 0.25) is 0 Å². The lowest BCUT2D eigenvalue weighted by Gasteiger charge is -2.23. The third-order valence-electron chi connectivity index (χ3n) is 5.53. The molecule has 7 nitrogen and oxygen atoms in total. The van der Waals surface area contributed by atoms with Crippen LogP contribution >= 0.6 is 0 Å². The maximum absolute atomic E-state index is 12.2. The number of hydrogen-bond donors (Lipinski definition) is 1. The fraction of sp³-hybridized carbons (Fsp3) is 0.240. The highest BCUT2D eigenvalue weighted by molar-refractivity contribution is 5.83. The first-order chi connectivity index (χ1) is 16.6. The number of anilines is 2. The van der Waals surface area contributed by atoms with Crippen LogP contribution in [0.1, 0.15) is 36.7 Å². The van der Waals surface area contributed by atoms with Crippen molar-refractivity contribution >= 4 is 34.6 Å². The number of nitrogens with zero attached hydrogens (tertiary/aromatic N) is 4. The highest BCUT2D eigenvalue weighted by atomic mass is 19.3. The number of hydrogen-bond acceptors (Lipinski definition) is 6. The lowest BCUT2D eigenvalue weighted by molar-refractivity contribution is -0.0498. The second-order valence-corrected chi connectivity index (χ2v) is 7.93. The minimum absolute atomic E-state index is 0.0129. The van der Waals surface area contributed by atoms with E-state index < -0.39 is 6.61 Å². The minimum atomic E-state index is -2.85. The van der Waals surface area contributed by atoms with Crippen LogP contribution in [-0.4, -0.2) is 33.2 Å². The van der Waals surface area contributed by atoms with Crippen molar-refractivity contribution in [1.82, 2.24) is 20.0 Å². The molecule has 0 bridgehead atoms. The third-order valence-corrected chi connectivity index (χ3v) is 5.53. The monoisotopic (exact) mass is 463 g/mol. The third kappa shape index (κ3) is 5.20. The van der Waals surface area contributed by atoms with Gasteiger partial charge in [0.1, 0.15) is 5.75 Å². The van der Waals surface area contributed by atoms with Crippen molar-refractivity contribution in [3.8, 4) is 5.75 Å². The number of aromatic nitrogens is 4. The van der Waals surface area contributed by atoms with Gasteiger partial charge in [-0.2, -0.15) is 13.9 Å². The van der Waals surface area contributed by atoms with Crippen molar-refractivity contribution in [3.63, 3.8) is 0 Å². The molecule has 2 aromatic carbocycles. The van der Waals surface area contributed by atoms with Gasteiger partial charge in [-0.05, 0) is 79.4 Å². The normalized spacial score (nSPS) is 16.4. The molecule has 1 fully saturated rings. The lowest BCUT2D eigenvalue weighted by atomic mass is 10.1. The Morgan fingerprint density at radius 1 is 1.03 bits per heavy atom. The number of halogens is 2. The predicted molar refractivity (Wildman–Crippen MR) is 126 cm³/mol. The molecule has 5 rings (SSSR count). The molecule has 9 heteroatoms. The van der Waals surface area contributed by atoms with Crippen LogP contribution in [0.4, 0.5) is 20.3 Å². The average molecular weight is 463 g/mol. The zero-order valence-corrected chi connectivity index (χ0v) is 18.3. The van der Waals surface area contributed by atoms with Gasteiger partial charge in [-0.3, -0.25) is 0 Å². The molecule has 1 atom stereocenters. The predicted octanol–water partition coefficient (Wildman–Crippen LogP) is 6.04. The van der Waals surface area contributed by atoms with Crippen molar-refractivity contribution in [1.29, 1.82) is 0 Å². The van der Waals surface area contributed by atoms with Gasteiger partial charge in [0.05, 0.1) is 17.4 Å². The first-order valence-corrected chi connectivity index (χ1v) is 11.1. The van der Waals surface area contributed by atoms with E-state index in [0.29, 0.717) is 17.2 Å². The Labute approximate surface area is 195 Å². The summed E-state index contributed by atoms with van der Waals surface area (Å²) >= 11 is 0. The topological polar surface area (TPSA) is 74.1 Å². The summed E-state index contributed by atoms with van der Waals surface area (Å²) in [4.78, 5) is 0. The zero-order valence-electron chi connectivity index (χ0n) is 18.3. The molecule has 0 aliphatic carbocycles. The second-order valence-electron chi connectivity index (χ2n) is 7.93. The van der Waals surface area contributed by atoms with Gasteiger partial charge in [-0.1, -0.05) is 12.1 Å². The molecule has 2 aromatic heterocycles. The number of benzene rings is 2. The maximum atomic E-state index is 12.2. The zero-order chi connectivity index (χ0) is 23.3. The van der Waals surface area contributed by atoms with Gasteiger partial charge in [0.25, 0.3) is 0 Å². The minimum Gasteiger partial charge on any atom is -0.435 e. The summed E-state index contributed by atoms with van der Waals surface area (Å²) in [6.45, 7) is -2.06. The molecule has 0 amide bonds. The standard InChI is InChI=1S/C25H23F2N5O2/c26-25(27)34-21-10-7-19(8-11-21)29-23-13-9-20(30-31-23)6-4-17-5-12-22-18(15-17)16-28-32(22)24-3-1-2-14-33-24/h4-13,15-16,24-25H,1-3,14H2,(H,29,31)/b6-4+. The molecule has 0 spiro atoms. The summed E-state index contributed by atoms with van der Waals surface area (Å²) in [7, 11) is 0. The van der Waals surface area contributed by atoms with Crippen LogP contribution < -0.4 is 10.1 Å². The van der Waals surface area contributed by atoms with Gasteiger partial charge in [-0.25, -0.2) is 4.68 Å². The SMILES string of the molecule is FC(F)Oc1ccc(Nc2ccc(/C=C/c3ccc4c(cnn4C4CCCCO4)c3)nn2)cc1. The van der Waals surface area contributed by atoms with E-state index >= 15 is 0 Å². The molecule has 1 aliphatic rings. The Morgan fingerprint density at radius 3 is 2.65 bits per heavy atom. The van der Waals surface area contributed by atoms with Gasteiger partial charge < -0.3 is 14.8 Å². The molecule has 1 aliphatic heterocycles. The Morgan fingerprint density at radius 2 is 1.91 bits per heavy atom. The summed E-state index contributed by atoms with van der Waals surface area (Å²) < 4.78 is 36.7. The number of fused-ring (bicyclic) bond motifs is 1. The first kappa shape index (κ1) is 22.0. The fourth-order valence-corrected chi connectivity index (χ4v) is 3.87. The first-order valence-electron chi connectivity index (χ1n) is 11.1. The second kappa shape index (κ2) is 9.96. The molecule has 3 heterocycles. The summed E-state index contributed by atoms with van der Waals surface area (Å²) in [6.07, 6.45) is 9.01. The molecule has 0 saturated carbocycles. The number of ether oxygens (including phenoxy) is 2. The number of alkyl halides is 2. The largest absolute Gasteiger partial charge is 0.435 e. The Bertz CT molecular complexity index is 1270. The quantitative estimate of drug-likeness (QED) is 0.360. The van der Waals surface area contributed by atoms with Gasteiger partial charge >= 0.3 is 6.61 Å². The van der Waals surface area contributed by atoms with Gasteiger partial charge in [0.15, 0.2) is 12.0 Å². The van der Waals surface area contributed by atoms with E-state index in [4.69, 9.17) is 4.74 Å². The van der Waals surface area contributed by atoms with Gasteiger partial charge in [0, 0.05) is 17.7 Å². The highest BCUT2D eigenvalue weighted by Gasteiger charge is 2.18. The summed E-state index contributed by atoms with van der Waals surface area (Å²) in [5, 5.41) is 17.1. The average Bonchev–Trinajstić information content (AvgIpc) is 3.28. The fourth-order valence-electron chi connectivity index (χ4n) is 3.87. The van der Waals surface area contributed by atoms with Crippen LogP contribution in [0.15, 0.2) is 60.8 Å². The smallest absolute Gasteiger partial charge is 0.387 e. The molecule has 4 aromatic rings. The molecule has 34 heavy (non-hydrogen) atoms. The Kier molecular flexibility index (Phi) is 6.44. The van der Waals surface area contributed by atoms with Crippen molar-refractivity contribution in [2.75, 3.05) is 11.9 Å². The van der Waals surface area contributed by atoms with Crippen molar-refractivity contribution in [2.24, 2.45) is 0 Å². The van der Waals surface area contributed by atoms with Crippen LogP contribution in [-0.2, 0) is 4.74 Å². The molecule has 1 unspecified atom stereocenters. The van der Waals surface area contributed by atoms with E-state index in [2.05, 4.69) is 37.5 Å². The Balaban J connectivity index is 1.23. The van der Waals surface area contributed by atoms with E-state index in [1.165, 1.54) is 12.1 Å². The van der Waals surface area contributed by atoms with Crippen molar-refractivity contribution < 1.29 is 18.3 Å². The van der Waals surface area contributed by atoms with E-state index in [0.717, 1.165) is 42.3 Å². The summed E-state index contributed by atoms with van der Waals surface area (Å²) in [6, 6.07) is 16.0. The van der Waals surface area contributed by atoms with E-state index in [-0.39, 0.29) is 12.0 Å². The van der Waals surface area contributed by atoms with Crippen LogP contribution in [0.25, 0.3) is 23.1 Å². The van der Waals surface area contributed by atoms with E-state index in [1.807, 2.05) is 35.2 Å². The van der Waals surface area contributed by atoms with Crippen molar-refractivity contribution in [2.45, 2.75) is 32.1 Å². The van der Waals surface area contributed by atoms with E-state index in [9.17, 15) is 8.78 Å². The molecule has 1 N–H and O–H groups in total. The molecule has 0 radical (unpaired) electrons. The maximum Gasteiger partial charge on any atom is 0.387 e. The number of rotatable bonds is 7. The van der Waals surface area contributed by atoms with Crippen LogP contribution in [0.2, 0.25) is 0 Å². The van der Waals surface area contributed by atoms with Crippen LogP contribution in [0, 0.1) is 0 Å². The summed E-state index contributed by atoms with van der Waals surface area (Å²) in [5.74, 6) is 0.637. The summed E-state index contributed by atoms with van der Waals surface area (Å²) in [5.41, 5.74) is 3.49.